The van der Waals surface area contributed by atoms with Gasteiger partial charge in [-0.1, -0.05) is 60.2 Å². The summed E-state index contributed by atoms with van der Waals surface area (Å²) in [5.41, 5.74) is 7.88. The molecular weight excluding hydrogens is 382 g/mol. The molecule has 0 radical (unpaired) electrons. The van der Waals surface area contributed by atoms with Crippen LogP contribution in [0.2, 0.25) is 0 Å². The molecule has 4 rings (SSSR count). The highest BCUT2D eigenvalue weighted by atomic mass is 16.5. The number of benzene rings is 2. The smallest absolute Gasteiger partial charge is 0.346 e. The van der Waals surface area contributed by atoms with Crippen molar-refractivity contribution < 1.29 is 13.9 Å². The number of hydrogen-bond acceptors (Lipinski definition) is 6. The molecule has 2 aromatic carbocycles. The van der Waals surface area contributed by atoms with E-state index in [-0.39, 0.29) is 29.4 Å². The molecule has 2 aromatic heterocycles. The van der Waals surface area contributed by atoms with Crippen molar-refractivity contribution in [2.24, 2.45) is 5.73 Å². The molecule has 0 saturated carbocycles. The summed E-state index contributed by atoms with van der Waals surface area (Å²) in [7, 11) is 0. The molecule has 0 aliphatic heterocycles. The average molecular weight is 401 g/mol. The number of hydrogen-bond donors (Lipinski definition) is 2. The van der Waals surface area contributed by atoms with E-state index in [4.69, 9.17) is 14.9 Å². The Kier molecular flexibility index (Phi) is 5.28. The molecule has 7 nitrogen and oxygen atoms in total. The Balaban J connectivity index is 1.89. The maximum atomic E-state index is 12.8. The van der Waals surface area contributed by atoms with Gasteiger partial charge >= 0.3 is 11.7 Å². The number of ether oxygens (including phenoxy) is 1. The summed E-state index contributed by atoms with van der Waals surface area (Å²) in [5, 5.41) is 0. The molecule has 7 heteroatoms. The van der Waals surface area contributed by atoms with Crippen LogP contribution >= 0.6 is 0 Å². The predicted octanol–water partition coefficient (Wildman–Crippen LogP) is 3.75. The van der Waals surface area contributed by atoms with Gasteiger partial charge in [0, 0.05) is 5.56 Å². The van der Waals surface area contributed by atoms with E-state index in [2.05, 4.69) is 9.97 Å². The Bertz CT molecular complexity index is 1240. The fourth-order valence-corrected chi connectivity index (χ4v) is 3.16. The first-order chi connectivity index (χ1) is 14.6. The number of carbonyl (C=O) groups excluding carboxylic acids is 1. The minimum absolute atomic E-state index is 0.0797. The molecule has 0 amide bonds. The normalized spacial score (nSPS) is 10.7. The van der Waals surface area contributed by atoms with Crippen LogP contribution < -0.4 is 11.4 Å². The number of nitrogens with two attached hydrogens (primary N) is 1. The first-order valence-electron chi connectivity index (χ1n) is 9.31. The number of furan rings is 1. The van der Waals surface area contributed by atoms with Gasteiger partial charge in [0.05, 0.1) is 5.69 Å². The van der Waals surface area contributed by atoms with E-state index in [1.165, 1.54) is 0 Å². The van der Waals surface area contributed by atoms with E-state index in [0.717, 1.165) is 11.1 Å². The summed E-state index contributed by atoms with van der Waals surface area (Å²) in [5.74, 6) is 0.160. The number of carbonyl (C=O) groups is 1. The number of esters is 1. The number of aromatic nitrogens is 2. The van der Waals surface area contributed by atoms with Crippen molar-refractivity contribution in [1.82, 2.24) is 9.97 Å². The Labute approximate surface area is 172 Å². The Hall–Kier alpha value is -3.97. The maximum Gasteiger partial charge on any atom is 0.346 e. The molecule has 30 heavy (non-hydrogen) atoms. The number of rotatable bonds is 5. The number of nitrogens with zero attached hydrogens (tertiary/aromatic N) is 1. The third-order valence-electron chi connectivity index (χ3n) is 4.59. The maximum absolute atomic E-state index is 12.8. The van der Waals surface area contributed by atoms with Gasteiger partial charge in [0.15, 0.2) is 5.76 Å². The quantitative estimate of drug-likeness (QED) is 0.389. The molecule has 0 saturated heterocycles. The highest BCUT2D eigenvalue weighted by Gasteiger charge is 2.25. The van der Waals surface area contributed by atoms with Crippen molar-refractivity contribution in [3.63, 3.8) is 0 Å². The van der Waals surface area contributed by atoms with Crippen molar-refractivity contribution in [2.45, 2.75) is 6.92 Å². The van der Waals surface area contributed by atoms with Crippen molar-refractivity contribution in [3.8, 4) is 34.0 Å². The summed E-state index contributed by atoms with van der Waals surface area (Å²) < 4.78 is 11.0. The highest BCUT2D eigenvalue weighted by Crippen LogP contribution is 2.32. The van der Waals surface area contributed by atoms with Crippen molar-refractivity contribution >= 4 is 5.97 Å². The second-order valence-electron chi connectivity index (χ2n) is 6.63. The van der Waals surface area contributed by atoms with Crippen LogP contribution in [-0.4, -0.2) is 22.7 Å². The van der Waals surface area contributed by atoms with Crippen LogP contribution in [0.15, 0.2) is 75.9 Å². The standard InChI is InChI=1S/C23H19N3O4/c1-14-7-9-15(10-8-14)17-11-12-18(30-17)21-19(22(27)29-13-24)20(25-23(28)26-21)16-5-3-2-4-6-16/h2-12H,13,24H2,1H3,(H,25,26,28). The summed E-state index contributed by atoms with van der Waals surface area (Å²) >= 11 is 0. The van der Waals surface area contributed by atoms with Crippen LogP contribution in [0.25, 0.3) is 34.0 Å². The SMILES string of the molecule is Cc1ccc(-c2ccc(-c3nc(=O)[nH]c(-c4ccccc4)c3C(=O)OCN)o2)cc1. The van der Waals surface area contributed by atoms with E-state index in [9.17, 15) is 9.59 Å². The van der Waals surface area contributed by atoms with Gasteiger partial charge in [-0.2, -0.15) is 4.98 Å². The van der Waals surface area contributed by atoms with E-state index in [1.54, 1.807) is 36.4 Å². The van der Waals surface area contributed by atoms with Crippen LogP contribution in [0, 0.1) is 6.92 Å². The average Bonchev–Trinajstić information content (AvgIpc) is 3.24. The van der Waals surface area contributed by atoms with Crippen LogP contribution in [-0.2, 0) is 4.74 Å². The van der Waals surface area contributed by atoms with Gasteiger partial charge in [-0.15, -0.1) is 0 Å². The first kappa shape index (κ1) is 19.4. The third kappa shape index (κ3) is 3.78. The van der Waals surface area contributed by atoms with E-state index >= 15 is 0 Å². The van der Waals surface area contributed by atoms with Crippen LogP contribution in [0.3, 0.4) is 0 Å². The topological polar surface area (TPSA) is 111 Å². The van der Waals surface area contributed by atoms with Gasteiger partial charge in [0.2, 0.25) is 0 Å². The van der Waals surface area contributed by atoms with Gasteiger partial charge in [-0.05, 0) is 24.6 Å². The third-order valence-corrected chi connectivity index (χ3v) is 4.59. The molecule has 0 unspecified atom stereocenters. The molecule has 0 fully saturated rings. The first-order valence-corrected chi connectivity index (χ1v) is 9.31. The van der Waals surface area contributed by atoms with Crippen molar-refractivity contribution in [2.75, 3.05) is 6.73 Å². The number of nitrogens with one attached hydrogen (secondary N) is 1. The lowest BCUT2D eigenvalue weighted by Gasteiger charge is -2.11. The van der Waals surface area contributed by atoms with E-state index in [1.807, 2.05) is 37.3 Å². The fraction of sp³-hybridized carbons (Fsp3) is 0.0870. The van der Waals surface area contributed by atoms with Crippen molar-refractivity contribution in [3.05, 3.63) is 88.3 Å². The van der Waals surface area contributed by atoms with Crippen molar-refractivity contribution in [1.29, 1.82) is 0 Å². The second kappa shape index (κ2) is 8.18. The molecular formula is C23H19N3O4. The molecule has 4 aromatic rings. The number of aromatic amines is 1. The second-order valence-corrected chi connectivity index (χ2v) is 6.63. The summed E-state index contributed by atoms with van der Waals surface area (Å²) in [6, 6.07) is 20.2. The lowest BCUT2D eigenvalue weighted by Crippen LogP contribution is -2.21. The number of aryl methyl sites for hydroxylation is 1. The minimum Gasteiger partial charge on any atom is -0.454 e. The monoisotopic (exact) mass is 401 g/mol. The van der Waals surface area contributed by atoms with Gasteiger partial charge in [-0.3, -0.25) is 5.73 Å². The molecule has 0 aliphatic carbocycles. The summed E-state index contributed by atoms with van der Waals surface area (Å²) in [6.45, 7) is 1.69. The lowest BCUT2D eigenvalue weighted by atomic mass is 10.0. The minimum atomic E-state index is -0.705. The van der Waals surface area contributed by atoms with Gasteiger partial charge in [0.1, 0.15) is 23.7 Å². The predicted molar refractivity (Wildman–Crippen MR) is 113 cm³/mol. The van der Waals surface area contributed by atoms with Crippen LogP contribution in [0.4, 0.5) is 0 Å². The van der Waals surface area contributed by atoms with E-state index < -0.39 is 11.7 Å². The van der Waals surface area contributed by atoms with Gasteiger partial charge in [0.25, 0.3) is 0 Å². The molecule has 2 heterocycles. The summed E-state index contributed by atoms with van der Waals surface area (Å²) in [6.07, 6.45) is 0. The van der Waals surface area contributed by atoms with Crippen LogP contribution in [0.1, 0.15) is 15.9 Å². The lowest BCUT2D eigenvalue weighted by molar-refractivity contribution is 0.0516. The largest absolute Gasteiger partial charge is 0.454 e. The molecule has 0 bridgehead atoms. The molecule has 0 spiro atoms. The Morgan fingerprint density at radius 2 is 1.70 bits per heavy atom. The van der Waals surface area contributed by atoms with Gasteiger partial charge < -0.3 is 14.1 Å². The zero-order valence-electron chi connectivity index (χ0n) is 16.2. The Morgan fingerprint density at radius 1 is 1.00 bits per heavy atom. The molecule has 0 aliphatic rings. The fourth-order valence-electron chi connectivity index (χ4n) is 3.16. The van der Waals surface area contributed by atoms with E-state index in [0.29, 0.717) is 11.3 Å². The number of H-pyrrole nitrogens is 1. The van der Waals surface area contributed by atoms with Crippen LogP contribution in [0.5, 0.6) is 0 Å². The molecule has 150 valence electrons. The molecule has 0 atom stereocenters. The Morgan fingerprint density at radius 3 is 2.40 bits per heavy atom. The molecule has 3 N–H and O–H groups in total. The van der Waals surface area contributed by atoms with Gasteiger partial charge in [-0.25, -0.2) is 9.59 Å². The zero-order chi connectivity index (χ0) is 21.1. The zero-order valence-corrected chi connectivity index (χ0v) is 16.2. The summed E-state index contributed by atoms with van der Waals surface area (Å²) in [4.78, 5) is 31.7. The highest BCUT2D eigenvalue weighted by molar-refractivity contribution is 6.01.